The van der Waals surface area contributed by atoms with Gasteiger partial charge in [-0.25, -0.2) is 0 Å². The first-order valence-corrected chi connectivity index (χ1v) is 7.59. The quantitative estimate of drug-likeness (QED) is 0.786. The van der Waals surface area contributed by atoms with E-state index in [1.807, 2.05) is 0 Å². The van der Waals surface area contributed by atoms with E-state index in [1.165, 1.54) is 6.42 Å². The number of hydrogen-bond donors (Lipinski definition) is 3. The molecule has 1 aromatic heterocycles. The molecule has 0 saturated heterocycles. The molecule has 0 aliphatic heterocycles. The number of aromatic amines is 1. The van der Waals surface area contributed by atoms with Crippen LogP contribution in [0.4, 0.5) is 5.95 Å². The molecule has 2 aliphatic carbocycles. The van der Waals surface area contributed by atoms with E-state index in [0.717, 1.165) is 37.9 Å². The Morgan fingerprint density at radius 1 is 1.30 bits per heavy atom. The molecule has 20 heavy (non-hydrogen) atoms. The van der Waals surface area contributed by atoms with Crippen LogP contribution in [0, 0.1) is 0 Å². The average Bonchev–Trinajstić information content (AvgIpc) is 2.74. The Kier molecular flexibility index (Phi) is 3.74. The number of carbonyl (C=O) groups excluding carboxylic acids is 1. The van der Waals surface area contributed by atoms with Crippen molar-refractivity contribution in [2.24, 2.45) is 0 Å². The summed E-state index contributed by atoms with van der Waals surface area (Å²) in [6, 6.07) is 0. The van der Waals surface area contributed by atoms with Crippen molar-refractivity contribution < 1.29 is 9.90 Å². The first-order valence-electron chi connectivity index (χ1n) is 7.59. The minimum atomic E-state index is -0.838. The molecule has 2 fully saturated rings. The van der Waals surface area contributed by atoms with Crippen LogP contribution in [0.5, 0.6) is 0 Å². The van der Waals surface area contributed by atoms with Crippen molar-refractivity contribution in [2.75, 3.05) is 5.32 Å². The van der Waals surface area contributed by atoms with Gasteiger partial charge in [-0.05, 0) is 25.7 Å². The summed E-state index contributed by atoms with van der Waals surface area (Å²) >= 11 is 0. The Bertz CT molecular complexity index is 475. The van der Waals surface area contributed by atoms with Gasteiger partial charge < -0.3 is 5.11 Å². The minimum Gasteiger partial charge on any atom is -0.389 e. The van der Waals surface area contributed by atoms with Gasteiger partial charge in [-0.3, -0.25) is 15.2 Å². The van der Waals surface area contributed by atoms with Crippen LogP contribution < -0.4 is 5.32 Å². The highest BCUT2D eigenvalue weighted by molar-refractivity contribution is 5.89. The maximum atomic E-state index is 12.0. The number of aromatic nitrogens is 3. The molecule has 0 atom stereocenters. The Balaban J connectivity index is 1.54. The Morgan fingerprint density at radius 2 is 2.05 bits per heavy atom. The summed E-state index contributed by atoms with van der Waals surface area (Å²) in [4.78, 5) is 16.3. The number of rotatable bonds is 4. The van der Waals surface area contributed by atoms with Gasteiger partial charge in [-0.15, -0.1) is 5.10 Å². The van der Waals surface area contributed by atoms with Gasteiger partial charge >= 0.3 is 0 Å². The molecule has 1 aromatic rings. The number of anilines is 1. The molecular formula is C14H22N4O2. The highest BCUT2D eigenvalue weighted by atomic mass is 16.3. The van der Waals surface area contributed by atoms with E-state index >= 15 is 0 Å². The smallest absolute Gasteiger partial charge is 0.248 e. The van der Waals surface area contributed by atoms with Crippen LogP contribution >= 0.6 is 0 Å². The van der Waals surface area contributed by atoms with Crippen molar-refractivity contribution in [1.82, 2.24) is 15.2 Å². The number of carbonyl (C=O) groups is 1. The first-order chi connectivity index (χ1) is 9.65. The summed E-state index contributed by atoms with van der Waals surface area (Å²) < 4.78 is 0. The fourth-order valence-electron chi connectivity index (χ4n) is 3.05. The largest absolute Gasteiger partial charge is 0.389 e. The molecule has 6 heteroatoms. The van der Waals surface area contributed by atoms with Crippen molar-refractivity contribution in [3.8, 4) is 0 Å². The third-order valence-electron chi connectivity index (χ3n) is 4.52. The average molecular weight is 278 g/mol. The lowest BCUT2D eigenvalue weighted by Crippen LogP contribution is -2.36. The molecule has 0 unspecified atom stereocenters. The predicted octanol–water partition coefficient (Wildman–Crippen LogP) is 2.10. The van der Waals surface area contributed by atoms with Gasteiger partial charge in [0.15, 0.2) is 0 Å². The van der Waals surface area contributed by atoms with Gasteiger partial charge in [0, 0.05) is 5.92 Å². The molecule has 2 saturated carbocycles. The Hall–Kier alpha value is -1.43. The minimum absolute atomic E-state index is 0.139. The summed E-state index contributed by atoms with van der Waals surface area (Å²) in [5, 5.41) is 19.9. The van der Waals surface area contributed by atoms with Crippen molar-refractivity contribution >= 4 is 11.9 Å². The molecule has 1 amide bonds. The fraction of sp³-hybridized carbons (Fsp3) is 0.786. The van der Waals surface area contributed by atoms with E-state index < -0.39 is 5.60 Å². The van der Waals surface area contributed by atoms with Gasteiger partial charge in [0.1, 0.15) is 5.82 Å². The lowest BCUT2D eigenvalue weighted by Gasteiger charge is -2.31. The van der Waals surface area contributed by atoms with Gasteiger partial charge in [0.2, 0.25) is 11.9 Å². The molecule has 3 rings (SSSR count). The van der Waals surface area contributed by atoms with E-state index in [9.17, 15) is 9.90 Å². The van der Waals surface area contributed by atoms with Crippen LogP contribution in [0.15, 0.2) is 0 Å². The molecule has 3 N–H and O–H groups in total. The molecule has 1 heterocycles. The van der Waals surface area contributed by atoms with Crippen molar-refractivity contribution in [1.29, 1.82) is 0 Å². The molecule has 0 radical (unpaired) electrons. The van der Waals surface area contributed by atoms with E-state index in [4.69, 9.17) is 0 Å². The van der Waals surface area contributed by atoms with Gasteiger partial charge in [-0.1, -0.05) is 25.7 Å². The van der Waals surface area contributed by atoms with Crippen molar-refractivity contribution in [3.63, 3.8) is 0 Å². The summed E-state index contributed by atoms with van der Waals surface area (Å²) in [6.07, 6.45) is 8.22. The lowest BCUT2D eigenvalue weighted by molar-refractivity contribution is -0.122. The molecule has 110 valence electrons. The number of hydrogen-bond acceptors (Lipinski definition) is 4. The third-order valence-corrected chi connectivity index (χ3v) is 4.52. The number of nitrogens with one attached hydrogen (secondary N) is 2. The maximum absolute atomic E-state index is 12.0. The zero-order valence-corrected chi connectivity index (χ0v) is 11.7. The molecule has 0 bridgehead atoms. The van der Waals surface area contributed by atoms with Crippen LogP contribution in [0.25, 0.3) is 0 Å². The monoisotopic (exact) mass is 278 g/mol. The van der Waals surface area contributed by atoms with E-state index in [0.29, 0.717) is 24.7 Å². The van der Waals surface area contributed by atoms with Crippen LogP contribution in [-0.2, 0) is 4.79 Å². The normalized spacial score (nSPS) is 22.2. The first kappa shape index (κ1) is 13.5. The topological polar surface area (TPSA) is 90.9 Å². The number of amides is 1. The summed E-state index contributed by atoms with van der Waals surface area (Å²) in [5.41, 5.74) is -0.838. The highest BCUT2D eigenvalue weighted by Crippen LogP contribution is 2.34. The van der Waals surface area contributed by atoms with Crippen molar-refractivity contribution in [3.05, 3.63) is 5.82 Å². The maximum Gasteiger partial charge on any atom is 0.248 e. The SMILES string of the molecule is O=C(CC1(O)CCCCC1)Nc1n[nH]c(C2CCC2)n1. The molecular weight excluding hydrogens is 256 g/mol. The fourth-order valence-corrected chi connectivity index (χ4v) is 3.05. The van der Waals surface area contributed by atoms with E-state index in [-0.39, 0.29) is 12.3 Å². The van der Waals surface area contributed by atoms with Crippen LogP contribution in [0.1, 0.15) is 69.5 Å². The van der Waals surface area contributed by atoms with Crippen LogP contribution in [0.3, 0.4) is 0 Å². The predicted molar refractivity (Wildman–Crippen MR) is 74.3 cm³/mol. The van der Waals surface area contributed by atoms with E-state index in [1.54, 1.807) is 0 Å². The van der Waals surface area contributed by atoms with Gasteiger partial charge in [0.05, 0.1) is 12.0 Å². The van der Waals surface area contributed by atoms with E-state index in [2.05, 4.69) is 20.5 Å². The number of H-pyrrole nitrogens is 1. The highest BCUT2D eigenvalue weighted by Gasteiger charge is 2.32. The zero-order chi connectivity index (χ0) is 14.0. The van der Waals surface area contributed by atoms with Crippen LogP contribution in [-0.4, -0.2) is 31.8 Å². The third kappa shape index (κ3) is 3.00. The molecule has 0 spiro atoms. The summed E-state index contributed by atoms with van der Waals surface area (Å²) in [6.45, 7) is 0. The van der Waals surface area contributed by atoms with Gasteiger partial charge in [0.25, 0.3) is 0 Å². The molecule has 0 aromatic carbocycles. The number of aliphatic hydroxyl groups is 1. The second-order valence-corrected chi connectivity index (χ2v) is 6.18. The second-order valence-electron chi connectivity index (χ2n) is 6.18. The second kappa shape index (κ2) is 5.52. The van der Waals surface area contributed by atoms with Crippen molar-refractivity contribution in [2.45, 2.75) is 69.3 Å². The number of nitrogens with zero attached hydrogens (tertiary/aromatic N) is 2. The summed E-state index contributed by atoms with van der Waals surface area (Å²) in [7, 11) is 0. The molecule has 2 aliphatic rings. The Morgan fingerprint density at radius 3 is 2.70 bits per heavy atom. The van der Waals surface area contributed by atoms with Gasteiger partial charge in [-0.2, -0.15) is 4.98 Å². The Labute approximate surface area is 118 Å². The zero-order valence-electron chi connectivity index (χ0n) is 11.7. The lowest BCUT2D eigenvalue weighted by atomic mass is 9.82. The van der Waals surface area contributed by atoms with Crippen LogP contribution in [0.2, 0.25) is 0 Å². The molecule has 6 nitrogen and oxygen atoms in total. The summed E-state index contributed by atoms with van der Waals surface area (Å²) in [5.74, 6) is 1.46. The standard InChI is InChI=1S/C14H22N4O2/c19-11(9-14(20)7-2-1-3-8-14)15-13-16-12(17-18-13)10-5-4-6-10/h10,20H,1-9H2,(H2,15,16,17,18,19).